The van der Waals surface area contributed by atoms with Crippen LogP contribution in [0.2, 0.25) is 0 Å². The summed E-state index contributed by atoms with van der Waals surface area (Å²) in [6.07, 6.45) is 2.28. The SMILES string of the molecule is CCC(C)(C)n1nnnc1C(c1cccc(OC)c1OC)N1CCC(C(N)=O)CC1. The molecule has 1 saturated heterocycles. The predicted molar refractivity (Wildman–Crippen MR) is 112 cm³/mol. The van der Waals surface area contributed by atoms with Crippen LogP contribution in [0.15, 0.2) is 18.2 Å². The maximum atomic E-state index is 11.7. The fourth-order valence-electron chi connectivity index (χ4n) is 4.01. The lowest BCUT2D eigenvalue weighted by molar-refractivity contribution is -0.123. The number of rotatable bonds is 8. The van der Waals surface area contributed by atoms with Crippen LogP contribution in [0.5, 0.6) is 11.5 Å². The Kier molecular flexibility index (Phi) is 6.60. The molecule has 164 valence electrons. The Balaban J connectivity index is 2.11. The Labute approximate surface area is 177 Å². The van der Waals surface area contributed by atoms with Crippen LogP contribution in [0.1, 0.15) is 57.5 Å². The number of nitrogens with zero attached hydrogens (tertiary/aromatic N) is 5. The number of piperidine rings is 1. The molecule has 1 aliphatic rings. The summed E-state index contributed by atoms with van der Waals surface area (Å²) in [4.78, 5) is 14.0. The van der Waals surface area contributed by atoms with Gasteiger partial charge in [-0.1, -0.05) is 19.1 Å². The summed E-state index contributed by atoms with van der Waals surface area (Å²) in [5.74, 6) is 1.72. The number of likely N-dealkylation sites (tertiary alicyclic amines) is 1. The minimum absolute atomic E-state index is 0.0998. The van der Waals surface area contributed by atoms with Gasteiger partial charge in [-0.05, 0) is 62.7 Å². The van der Waals surface area contributed by atoms with E-state index < -0.39 is 0 Å². The molecule has 0 radical (unpaired) electrons. The smallest absolute Gasteiger partial charge is 0.220 e. The first-order chi connectivity index (χ1) is 14.3. The Hall–Kier alpha value is -2.68. The molecule has 0 spiro atoms. The number of ether oxygens (including phenoxy) is 2. The molecule has 2 heterocycles. The van der Waals surface area contributed by atoms with Gasteiger partial charge in [-0.3, -0.25) is 9.69 Å². The van der Waals surface area contributed by atoms with Crippen molar-refractivity contribution in [2.24, 2.45) is 11.7 Å². The largest absolute Gasteiger partial charge is 0.493 e. The lowest BCUT2D eigenvalue weighted by Crippen LogP contribution is -2.42. The van der Waals surface area contributed by atoms with Gasteiger partial charge in [-0.15, -0.1) is 5.10 Å². The summed E-state index contributed by atoms with van der Waals surface area (Å²) in [5, 5.41) is 12.8. The fraction of sp³-hybridized carbons (Fsp3) is 0.619. The Bertz CT molecular complexity index is 873. The van der Waals surface area contributed by atoms with E-state index in [-0.39, 0.29) is 23.4 Å². The van der Waals surface area contributed by atoms with Crippen LogP contribution in [-0.2, 0) is 10.3 Å². The third-order valence-corrected chi connectivity index (χ3v) is 6.20. The van der Waals surface area contributed by atoms with Crippen LogP contribution in [0.3, 0.4) is 0 Å². The normalized spacial score (nSPS) is 17.0. The summed E-state index contributed by atoms with van der Waals surface area (Å²) in [6, 6.07) is 5.59. The second kappa shape index (κ2) is 8.99. The number of tetrazole rings is 1. The molecule has 1 amide bonds. The van der Waals surface area contributed by atoms with Gasteiger partial charge < -0.3 is 15.2 Å². The number of hydrogen-bond donors (Lipinski definition) is 1. The van der Waals surface area contributed by atoms with Gasteiger partial charge in [0.2, 0.25) is 5.91 Å². The minimum atomic E-state index is -0.255. The van der Waals surface area contributed by atoms with E-state index in [2.05, 4.69) is 41.2 Å². The van der Waals surface area contributed by atoms with Crippen LogP contribution in [0.25, 0.3) is 0 Å². The van der Waals surface area contributed by atoms with E-state index >= 15 is 0 Å². The van der Waals surface area contributed by atoms with Crippen LogP contribution in [0, 0.1) is 5.92 Å². The predicted octanol–water partition coefficient (Wildman–Crippen LogP) is 2.12. The number of para-hydroxylation sites is 1. The van der Waals surface area contributed by atoms with Gasteiger partial charge in [0.1, 0.15) is 6.04 Å². The quantitative estimate of drug-likeness (QED) is 0.702. The number of methoxy groups -OCH3 is 2. The zero-order valence-corrected chi connectivity index (χ0v) is 18.5. The van der Waals surface area contributed by atoms with Crippen molar-refractivity contribution in [1.82, 2.24) is 25.1 Å². The lowest BCUT2D eigenvalue weighted by Gasteiger charge is -2.38. The monoisotopic (exact) mass is 416 g/mol. The molecule has 3 rings (SSSR count). The zero-order chi connectivity index (χ0) is 21.9. The molecule has 2 N–H and O–H groups in total. The fourth-order valence-corrected chi connectivity index (χ4v) is 4.01. The van der Waals surface area contributed by atoms with Gasteiger partial charge in [-0.25, -0.2) is 4.68 Å². The van der Waals surface area contributed by atoms with Gasteiger partial charge in [-0.2, -0.15) is 0 Å². The van der Waals surface area contributed by atoms with Crippen molar-refractivity contribution < 1.29 is 14.3 Å². The molecular weight excluding hydrogens is 384 g/mol. The number of amides is 1. The van der Waals surface area contributed by atoms with Gasteiger partial charge in [0.05, 0.1) is 19.8 Å². The van der Waals surface area contributed by atoms with Crippen molar-refractivity contribution in [2.45, 2.75) is 51.6 Å². The number of carbonyl (C=O) groups excluding carboxylic acids is 1. The van der Waals surface area contributed by atoms with E-state index in [4.69, 9.17) is 15.2 Å². The first kappa shape index (κ1) is 22.0. The number of aromatic nitrogens is 4. The molecule has 2 aromatic rings. The lowest BCUT2D eigenvalue weighted by atomic mass is 9.92. The van der Waals surface area contributed by atoms with Crippen molar-refractivity contribution in [3.8, 4) is 11.5 Å². The van der Waals surface area contributed by atoms with Gasteiger partial charge in [0.15, 0.2) is 17.3 Å². The standard InChI is InChI=1S/C21H32N6O3/c1-6-21(2,3)27-20(23-24-25-27)17(26-12-10-14(11-13-26)19(22)28)15-8-7-9-16(29-4)18(15)30-5/h7-9,14,17H,6,10-13H2,1-5H3,(H2,22,28). The summed E-state index contributed by atoms with van der Waals surface area (Å²) in [6.45, 7) is 7.76. The van der Waals surface area contributed by atoms with E-state index in [0.717, 1.165) is 17.8 Å². The number of benzene rings is 1. The summed E-state index contributed by atoms with van der Waals surface area (Å²) >= 11 is 0. The van der Waals surface area contributed by atoms with Gasteiger partial charge >= 0.3 is 0 Å². The first-order valence-corrected chi connectivity index (χ1v) is 10.4. The molecule has 0 aliphatic carbocycles. The van der Waals surface area contributed by atoms with E-state index in [1.807, 2.05) is 22.9 Å². The number of nitrogens with two attached hydrogens (primary N) is 1. The summed E-state index contributed by atoms with van der Waals surface area (Å²) in [7, 11) is 3.26. The average molecular weight is 417 g/mol. The second-order valence-corrected chi connectivity index (χ2v) is 8.31. The minimum Gasteiger partial charge on any atom is -0.493 e. The maximum Gasteiger partial charge on any atom is 0.220 e. The van der Waals surface area contributed by atoms with Crippen LogP contribution >= 0.6 is 0 Å². The van der Waals surface area contributed by atoms with E-state index in [1.165, 1.54) is 0 Å². The molecule has 1 atom stereocenters. The zero-order valence-electron chi connectivity index (χ0n) is 18.5. The molecular formula is C21H32N6O3. The number of primary amides is 1. The third kappa shape index (κ3) is 4.12. The topological polar surface area (TPSA) is 108 Å². The van der Waals surface area contributed by atoms with Crippen LogP contribution < -0.4 is 15.2 Å². The molecule has 9 nitrogen and oxygen atoms in total. The Morgan fingerprint density at radius 3 is 2.53 bits per heavy atom. The van der Waals surface area contributed by atoms with Crippen molar-refractivity contribution in [2.75, 3.05) is 27.3 Å². The molecule has 9 heteroatoms. The van der Waals surface area contributed by atoms with Crippen molar-refractivity contribution in [3.63, 3.8) is 0 Å². The van der Waals surface area contributed by atoms with E-state index in [0.29, 0.717) is 37.4 Å². The molecule has 30 heavy (non-hydrogen) atoms. The van der Waals surface area contributed by atoms with E-state index in [9.17, 15) is 4.79 Å². The highest BCUT2D eigenvalue weighted by atomic mass is 16.5. The molecule has 1 aromatic carbocycles. The maximum absolute atomic E-state index is 11.7. The summed E-state index contributed by atoms with van der Waals surface area (Å²) in [5.41, 5.74) is 6.22. The van der Waals surface area contributed by atoms with Gasteiger partial charge in [0.25, 0.3) is 0 Å². The first-order valence-electron chi connectivity index (χ1n) is 10.4. The molecule has 1 fully saturated rings. The molecule has 0 bridgehead atoms. The van der Waals surface area contributed by atoms with Crippen molar-refractivity contribution in [3.05, 3.63) is 29.6 Å². The molecule has 1 unspecified atom stereocenters. The highest BCUT2D eigenvalue weighted by Crippen LogP contribution is 2.41. The van der Waals surface area contributed by atoms with Crippen molar-refractivity contribution >= 4 is 5.91 Å². The molecule has 1 aliphatic heterocycles. The van der Waals surface area contributed by atoms with E-state index in [1.54, 1.807) is 14.2 Å². The average Bonchev–Trinajstić information content (AvgIpc) is 3.24. The van der Waals surface area contributed by atoms with Crippen LogP contribution in [-0.4, -0.2) is 58.3 Å². The Morgan fingerprint density at radius 2 is 1.97 bits per heavy atom. The molecule has 1 aromatic heterocycles. The van der Waals surface area contributed by atoms with Gasteiger partial charge in [0, 0.05) is 11.5 Å². The number of carbonyl (C=O) groups is 1. The third-order valence-electron chi connectivity index (χ3n) is 6.20. The Morgan fingerprint density at radius 1 is 1.27 bits per heavy atom. The highest BCUT2D eigenvalue weighted by Gasteiger charge is 2.37. The van der Waals surface area contributed by atoms with Crippen molar-refractivity contribution in [1.29, 1.82) is 0 Å². The van der Waals surface area contributed by atoms with Crippen LogP contribution in [0.4, 0.5) is 0 Å². The molecule has 0 saturated carbocycles. The summed E-state index contributed by atoms with van der Waals surface area (Å²) < 4.78 is 13.2. The highest BCUT2D eigenvalue weighted by molar-refractivity contribution is 5.76. The number of hydrogen-bond acceptors (Lipinski definition) is 7. The second-order valence-electron chi connectivity index (χ2n) is 8.31.